The Morgan fingerprint density at radius 2 is 1.87 bits per heavy atom. The first-order valence-corrected chi connectivity index (χ1v) is 9.45. The zero-order chi connectivity index (χ0) is 21.9. The van der Waals surface area contributed by atoms with Crippen molar-refractivity contribution in [3.8, 4) is 16.3 Å². The zero-order valence-corrected chi connectivity index (χ0v) is 16.6. The number of hydrogen-bond acceptors (Lipinski definition) is 5. The molecule has 3 rings (SSSR count). The number of carbonyl (C=O) groups is 2. The van der Waals surface area contributed by atoms with E-state index in [2.05, 4.69) is 15.6 Å². The highest BCUT2D eigenvalue weighted by molar-refractivity contribution is 7.13. The van der Waals surface area contributed by atoms with Gasteiger partial charge in [0.15, 0.2) is 0 Å². The number of nitrogens with zero attached hydrogens (tertiary/aromatic N) is 1. The van der Waals surface area contributed by atoms with Gasteiger partial charge in [0.25, 0.3) is 5.91 Å². The number of alkyl halides is 3. The molecule has 0 bridgehead atoms. The number of anilines is 2. The number of hydrogen-bond donors (Lipinski definition) is 2. The molecule has 0 aliphatic heterocycles. The van der Waals surface area contributed by atoms with Gasteiger partial charge in [-0.2, -0.15) is 13.2 Å². The third-order valence-corrected chi connectivity index (χ3v) is 4.83. The minimum absolute atomic E-state index is 0.0595. The van der Waals surface area contributed by atoms with E-state index in [4.69, 9.17) is 4.74 Å². The molecule has 0 atom stereocenters. The van der Waals surface area contributed by atoms with Gasteiger partial charge in [-0.3, -0.25) is 9.59 Å². The molecule has 0 fully saturated rings. The minimum Gasteiger partial charge on any atom is -0.495 e. The molecule has 0 unspecified atom stereocenters. The highest BCUT2D eigenvalue weighted by Crippen LogP contribution is 2.33. The molecule has 3 aromatic rings. The molecule has 6 nitrogen and oxygen atoms in total. The molecule has 1 heterocycles. The number of thiazole rings is 1. The lowest BCUT2D eigenvalue weighted by Gasteiger charge is -2.11. The van der Waals surface area contributed by atoms with Crippen LogP contribution in [0.2, 0.25) is 0 Å². The fourth-order valence-corrected chi connectivity index (χ4v) is 3.40. The first-order chi connectivity index (χ1) is 14.2. The van der Waals surface area contributed by atoms with Crippen molar-refractivity contribution < 1.29 is 27.5 Å². The first-order valence-electron chi connectivity index (χ1n) is 8.57. The summed E-state index contributed by atoms with van der Waals surface area (Å²) >= 11 is 1.06. The SMILES string of the molecule is COc1ccc(NC(=O)c2csc(-c3cccc(C(F)(F)F)c3)n2)cc1NC(C)=O. The number of halogens is 3. The third kappa shape index (κ3) is 4.95. The highest BCUT2D eigenvalue weighted by Gasteiger charge is 2.30. The van der Waals surface area contributed by atoms with Crippen molar-refractivity contribution in [2.75, 3.05) is 17.7 Å². The van der Waals surface area contributed by atoms with Gasteiger partial charge >= 0.3 is 6.18 Å². The van der Waals surface area contributed by atoms with E-state index >= 15 is 0 Å². The second kappa shape index (κ2) is 8.54. The van der Waals surface area contributed by atoms with Crippen LogP contribution < -0.4 is 15.4 Å². The smallest absolute Gasteiger partial charge is 0.416 e. The molecule has 1 aromatic heterocycles. The highest BCUT2D eigenvalue weighted by atomic mass is 32.1. The molecule has 0 saturated heterocycles. The molecule has 0 aliphatic rings. The van der Waals surface area contributed by atoms with Gasteiger partial charge in [-0.05, 0) is 30.3 Å². The van der Waals surface area contributed by atoms with E-state index < -0.39 is 17.6 Å². The lowest BCUT2D eigenvalue weighted by Crippen LogP contribution is -2.13. The van der Waals surface area contributed by atoms with Gasteiger partial charge in [0.05, 0.1) is 18.4 Å². The number of nitrogens with one attached hydrogen (secondary N) is 2. The van der Waals surface area contributed by atoms with Gasteiger partial charge < -0.3 is 15.4 Å². The molecule has 2 amide bonds. The number of carbonyl (C=O) groups excluding carboxylic acids is 2. The lowest BCUT2D eigenvalue weighted by atomic mass is 10.1. The van der Waals surface area contributed by atoms with Crippen molar-refractivity contribution >= 4 is 34.5 Å². The van der Waals surface area contributed by atoms with E-state index in [9.17, 15) is 22.8 Å². The molecule has 2 aromatic carbocycles. The second-order valence-corrected chi connectivity index (χ2v) is 7.02. The molecule has 156 valence electrons. The normalized spacial score (nSPS) is 11.1. The largest absolute Gasteiger partial charge is 0.495 e. The molecule has 0 saturated carbocycles. The van der Waals surface area contributed by atoms with E-state index in [-0.39, 0.29) is 17.2 Å². The molecule has 30 heavy (non-hydrogen) atoms. The summed E-state index contributed by atoms with van der Waals surface area (Å²) in [5.74, 6) is -0.422. The van der Waals surface area contributed by atoms with Gasteiger partial charge in [0.1, 0.15) is 16.5 Å². The third-order valence-electron chi connectivity index (χ3n) is 3.94. The van der Waals surface area contributed by atoms with Crippen LogP contribution in [-0.2, 0) is 11.0 Å². The predicted molar refractivity (Wildman–Crippen MR) is 108 cm³/mol. The Hall–Kier alpha value is -3.40. The Bertz CT molecular complexity index is 1100. The van der Waals surface area contributed by atoms with E-state index in [1.54, 1.807) is 12.1 Å². The van der Waals surface area contributed by atoms with Crippen molar-refractivity contribution in [2.24, 2.45) is 0 Å². The Labute approximate surface area is 173 Å². The molecule has 0 aliphatic carbocycles. The molecule has 0 spiro atoms. The van der Waals surface area contributed by atoms with Crippen LogP contribution in [0.5, 0.6) is 5.75 Å². The summed E-state index contributed by atoms with van der Waals surface area (Å²) < 4.78 is 43.9. The first kappa shape index (κ1) is 21.3. The zero-order valence-electron chi connectivity index (χ0n) is 15.8. The Morgan fingerprint density at radius 1 is 1.10 bits per heavy atom. The van der Waals surface area contributed by atoms with Crippen molar-refractivity contribution in [3.05, 3.63) is 59.1 Å². The monoisotopic (exact) mass is 435 g/mol. The van der Waals surface area contributed by atoms with E-state index in [0.717, 1.165) is 23.5 Å². The molecular formula is C20H16F3N3O3S. The van der Waals surface area contributed by atoms with Crippen LogP contribution in [0.1, 0.15) is 23.0 Å². The van der Waals surface area contributed by atoms with Crippen LogP contribution in [0.15, 0.2) is 47.8 Å². The van der Waals surface area contributed by atoms with Crippen LogP contribution in [0.4, 0.5) is 24.5 Å². The maximum absolute atomic E-state index is 12.9. The van der Waals surface area contributed by atoms with Crippen molar-refractivity contribution in [1.82, 2.24) is 4.98 Å². The molecule has 10 heteroatoms. The summed E-state index contributed by atoms with van der Waals surface area (Å²) in [6, 6.07) is 9.44. The summed E-state index contributed by atoms with van der Waals surface area (Å²) in [5, 5.41) is 7.00. The molecule has 0 radical (unpaired) electrons. The number of aromatic nitrogens is 1. The van der Waals surface area contributed by atoms with Gasteiger partial charge in [0.2, 0.25) is 5.91 Å². The van der Waals surface area contributed by atoms with Gasteiger partial charge in [-0.25, -0.2) is 4.98 Å². The number of benzene rings is 2. The van der Waals surface area contributed by atoms with Gasteiger partial charge in [-0.1, -0.05) is 12.1 Å². The lowest BCUT2D eigenvalue weighted by molar-refractivity contribution is -0.137. The maximum atomic E-state index is 12.9. The Morgan fingerprint density at radius 3 is 2.53 bits per heavy atom. The number of ether oxygens (including phenoxy) is 1. The van der Waals surface area contributed by atoms with Crippen molar-refractivity contribution in [3.63, 3.8) is 0 Å². The van der Waals surface area contributed by atoms with Crippen LogP contribution in [0.25, 0.3) is 10.6 Å². The molecule has 2 N–H and O–H groups in total. The number of amides is 2. The minimum atomic E-state index is -4.46. The summed E-state index contributed by atoms with van der Waals surface area (Å²) in [5.41, 5.74) is 0.310. The quantitative estimate of drug-likeness (QED) is 0.588. The summed E-state index contributed by atoms with van der Waals surface area (Å²) in [6.07, 6.45) is -4.46. The van der Waals surface area contributed by atoms with Crippen molar-refractivity contribution in [2.45, 2.75) is 13.1 Å². The Balaban J connectivity index is 1.80. The van der Waals surface area contributed by atoms with Crippen molar-refractivity contribution in [1.29, 1.82) is 0 Å². The standard InChI is InChI=1S/C20H16F3N3O3S/c1-11(27)24-15-9-14(6-7-17(15)29-2)25-18(28)16-10-30-19(26-16)12-4-3-5-13(8-12)20(21,22)23/h3-10H,1-2H3,(H,24,27)(H,25,28). The fourth-order valence-electron chi connectivity index (χ4n) is 2.61. The van der Waals surface area contributed by atoms with E-state index in [1.165, 1.54) is 37.6 Å². The number of methoxy groups -OCH3 is 1. The average molecular weight is 435 g/mol. The van der Waals surface area contributed by atoms with Crippen LogP contribution >= 0.6 is 11.3 Å². The van der Waals surface area contributed by atoms with E-state index in [0.29, 0.717) is 22.1 Å². The second-order valence-electron chi connectivity index (χ2n) is 6.17. The van der Waals surface area contributed by atoms with Gasteiger partial charge in [0, 0.05) is 23.6 Å². The summed E-state index contributed by atoms with van der Waals surface area (Å²) in [4.78, 5) is 28.0. The number of rotatable bonds is 5. The van der Waals surface area contributed by atoms with Crippen LogP contribution in [0.3, 0.4) is 0 Å². The predicted octanol–water partition coefficient (Wildman–Crippen LogP) is 5.05. The van der Waals surface area contributed by atoms with Gasteiger partial charge in [-0.15, -0.1) is 11.3 Å². The van der Waals surface area contributed by atoms with Crippen LogP contribution in [0, 0.1) is 0 Å². The van der Waals surface area contributed by atoms with E-state index in [1.807, 2.05) is 0 Å². The topological polar surface area (TPSA) is 80.3 Å². The average Bonchev–Trinajstić information content (AvgIpc) is 3.18. The summed E-state index contributed by atoms with van der Waals surface area (Å²) in [6.45, 7) is 1.34. The summed E-state index contributed by atoms with van der Waals surface area (Å²) in [7, 11) is 1.45. The fraction of sp³-hybridized carbons (Fsp3) is 0.150. The maximum Gasteiger partial charge on any atom is 0.416 e. The Kier molecular flexibility index (Phi) is 6.06. The molecular weight excluding hydrogens is 419 g/mol. The van der Waals surface area contributed by atoms with Crippen LogP contribution in [-0.4, -0.2) is 23.9 Å².